The molecule has 1 aromatic rings. The van der Waals surface area contributed by atoms with E-state index in [0.29, 0.717) is 5.88 Å². The fraction of sp³-hybridized carbons (Fsp3) is 0.333. The number of halogens is 2. The third-order valence-corrected chi connectivity index (χ3v) is 3.73. The van der Waals surface area contributed by atoms with E-state index in [-0.39, 0.29) is 0 Å². The van der Waals surface area contributed by atoms with Gasteiger partial charge < -0.3 is 0 Å². The van der Waals surface area contributed by atoms with Crippen LogP contribution in [-0.4, -0.2) is 5.88 Å². The molecule has 1 rings (SSSR count). The Balaban J connectivity index is 2.77. The largest absolute Gasteiger partial charge is 0.143 e. The van der Waals surface area contributed by atoms with Gasteiger partial charge in [0.1, 0.15) is 0 Å². The van der Waals surface area contributed by atoms with Crippen molar-refractivity contribution >= 4 is 44.4 Å². The molecular weight excluding hydrogens is 256 g/mol. The molecule has 0 saturated carbocycles. The molecule has 0 amide bonds. The first-order chi connectivity index (χ1) is 5.75. The van der Waals surface area contributed by atoms with E-state index >= 15 is 0 Å². The van der Waals surface area contributed by atoms with Crippen molar-refractivity contribution in [2.75, 3.05) is 5.88 Å². The lowest BCUT2D eigenvalue weighted by atomic mass is 10.2. The Bertz CT molecular complexity index is 278. The van der Waals surface area contributed by atoms with Crippen LogP contribution in [0.5, 0.6) is 0 Å². The molecule has 1 heterocycles. The van der Waals surface area contributed by atoms with Gasteiger partial charge in [-0.05, 0) is 46.3 Å². The first-order valence-electron chi connectivity index (χ1n) is 3.72. The first-order valence-corrected chi connectivity index (χ1v) is 5.92. The second-order valence-electron chi connectivity index (χ2n) is 2.46. The summed E-state index contributed by atoms with van der Waals surface area (Å²) in [7, 11) is 0. The van der Waals surface area contributed by atoms with Crippen LogP contribution in [0.2, 0.25) is 0 Å². The van der Waals surface area contributed by atoms with E-state index in [2.05, 4.69) is 40.4 Å². The second-order valence-corrected chi connectivity index (χ2v) is 4.61. The molecule has 1 aromatic heterocycles. The molecule has 0 atom stereocenters. The topological polar surface area (TPSA) is 0 Å². The van der Waals surface area contributed by atoms with Gasteiger partial charge in [-0.25, -0.2) is 0 Å². The maximum atomic E-state index is 5.59. The van der Waals surface area contributed by atoms with Crippen LogP contribution in [0.3, 0.4) is 0 Å². The molecule has 0 radical (unpaired) electrons. The van der Waals surface area contributed by atoms with Crippen molar-refractivity contribution in [3.05, 3.63) is 26.9 Å². The van der Waals surface area contributed by atoms with E-state index in [0.717, 1.165) is 6.42 Å². The minimum atomic E-state index is 0.695. The molecule has 0 saturated heterocycles. The van der Waals surface area contributed by atoms with Gasteiger partial charge in [0.05, 0.1) is 0 Å². The van der Waals surface area contributed by atoms with E-state index in [1.54, 1.807) is 11.3 Å². The molecule has 0 N–H and O–H groups in total. The monoisotopic (exact) mass is 264 g/mol. The van der Waals surface area contributed by atoms with Gasteiger partial charge in [0.2, 0.25) is 0 Å². The van der Waals surface area contributed by atoms with Crippen LogP contribution in [0.25, 0.3) is 5.57 Å². The van der Waals surface area contributed by atoms with E-state index in [1.165, 1.54) is 14.9 Å². The van der Waals surface area contributed by atoms with Gasteiger partial charge in [0.15, 0.2) is 0 Å². The molecule has 0 aromatic carbocycles. The Hall–Kier alpha value is 0.210. The fourth-order valence-electron chi connectivity index (χ4n) is 0.939. The summed E-state index contributed by atoms with van der Waals surface area (Å²) in [5, 5.41) is 2.08. The fourth-order valence-corrected chi connectivity index (χ4v) is 2.74. The normalized spacial score (nSPS) is 12.1. The van der Waals surface area contributed by atoms with E-state index < -0.39 is 0 Å². The number of allylic oxidation sites excluding steroid dienone is 2. The Morgan fingerprint density at radius 2 is 2.50 bits per heavy atom. The maximum Gasteiger partial charge on any atom is 0.0438 e. The summed E-state index contributed by atoms with van der Waals surface area (Å²) in [4.78, 5) is 1.31. The molecule has 0 aliphatic rings. The van der Waals surface area contributed by atoms with Gasteiger partial charge in [0, 0.05) is 15.2 Å². The Morgan fingerprint density at radius 3 is 3.00 bits per heavy atom. The van der Waals surface area contributed by atoms with Gasteiger partial charge in [0.25, 0.3) is 0 Å². The van der Waals surface area contributed by atoms with Crippen LogP contribution in [-0.2, 0) is 0 Å². The minimum Gasteiger partial charge on any atom is -0.143 e. The van der Waals surface area contributed by atoms with Crippen molar-refractivity contribution in [2.45, 2.75) is 13.3 Å². The third kappa shape index (κ3) is 2.61. The number of alkyl halides is 1. The SMILES string of the molecule is CC(=CCCCl)c1sccc1Br. The lowest BCUT2D eigenvalue weighted by Gasteiger charge is -1.97. The van der Waals surface area contributed by atoms with E-state index in [4.69, 9.17) is 11.6 Å². The van der Waals surface area contributed by atoms with Crippen molar-refractivity contribution in [1.82, 2.24) is 0 Å². The molecule has 12 heavy (non-hydrogen) atoms. The van der Waals surface area contributed by atoms with Crippen LogP contribution in [0.4, 0.5) is 0 Å². The molecule has 0 aliphatic carbocycles. The quantitative estimate of drug-likeness (QED) is 0.704. The summed E-state index contributed by atoms with van der Waals surface area (Å²) in [5.74, 6) is 0.695. The van der Waals surface area contributed by atoms with Gasteiger partial charge in [-0.2, -0.15) is 0 Å². The number of thiophene rings is 1. The van der Waals surface area contributed by atoms with Crippen LogP contribution in [0, 0.1) is 0 Å². The lowest BCUT2D eigenvalue weighted by molar-refractivity contribution is 1.23. The average molecular weight is 266 g/mol. The zero-order valence-corrected chi connectivity index (χ0v) is 9.97. The van der Waals surface area contributed by atoms with Crippen molar-refractivity contribution in [1.29, 1.82) is 0 Å². The zero-order valence-electron chi connectivity index (χ0n) is 6.81. The van der Waals surface area contributed by atoms with Gasteiger partial charge in [-0.3, -0.25) is 0 Å². The Kier molecular flexibility index (Phi) is 4.33. The van der Waals surface area contributed by atoms with Crippen LogP contribution < -0.4 is 0 Å². The highest BCUT2D eigenvalue weighted by Gasteiger charge is 2.01. The Labute approximate surface area is 90.4 Å². The summed E-state index contributed by atoms with van der Waals surface area (Å²) < 4.78 is 1.18. The highest BCUT2D eigenvalue weighted by Crippen LogP contribution is 2.29. The number of hydrogen-bond acceptors (Lipinski definition) is 1. The summed E-state index contributed by atoms with van der Waals surface area (Å²) in [6.45, 7) is 2.11. The van der Waals surface area contributed by atoms with Gasteiger partial charge in [-0.15, -0.1) is 22.9 Å². The Morgan fingerprint density at radius 1 is 1.75 bits per heavy atom. The maximum absolute atomic E-state index is 5.59. The van der Waals surface area contributed by atoms with Crippen LogP contribution in [0.1, 0.15) is 18.2 Å². The molecule has 0 fully saturated rings. The molecule has 66 valence electrons. The molecule has 0 unspecified atom stereocenters. The van der Waals surface area contributed by atoms with Crippen LogP contribution in [0.15, 0.2) is 22.0 Å². The van der Waals surface area contributed by atoms with Crippen molar-refractivity contribution in [3.63, 3.8) is 0 Å². The van der Waals surface area contributed by atoms with Crippen molar-refractivity contribution in [3.8, 4) is 0 Å². The molecule has 3 heteroatoms. The third-order valence-electron chi connectivity index (χ3n) is 1.53. The highest BCUT2D eigenvalue weighted by molar-refractivity contribution is 9.10. The molecule has 0 bridgehead atoms. The van der Waals surface area contributed by atoms with Crippen molar-refractivity contribution < 1.29 is 0 Å². The minimum absolute atomic E-state index is 0.695. The molecule has 0 spiro atoms. The lowest BCUT2D eigenvalue weighted by Crippen LogP contribution is -1.75. The first kappa shape index (κ1) is 10.3. The number of rotatable bonds is 3. The summed E-state index contributed by atoms with van der Waals surface area (Å²) in [6, 6.07) is 2.07. The van der Waals surface area contributed by atoms with Gasteiger partial charge >= 0.3 is 0 Å². The summed E-state index contributed by atoms with van der Waals surface area (Å²) in [5.41, 5.74) is 1.30. The summed E-state index contributed by atoms with van der Waals surface area (Å²) in [6.07, 6.45) is 3.11. The highest BCUT2D eigenvalue weighted by atomic mass is 79.9. The van der Waals surface area contributed by atoms with Gasteiger partial charge in [-0.1, -0.05) is 6.08 Å². The predicted octanol–water partition coefficient (Wildman–Crippen LogP) is 4.54. The molecule has 0 nitrogen and oxygen atoms in total. The smallest absolute Gasteiger partial charge is 0.0438 e. The molecular formula is C9H10BrClS. The standard InChI is InChI=1S/C9H10BrClS/c1-7(3-2-5-11)9-8(10)4-6-12-9/h3-4,6H,2,5H2,1H3. The number of hydrogen-bond donors (Lipinski definition) is 0. The van der Waals surface area contributed by atoms with E-state index in [1.807, 2.05) is 0 Å². The van der Waals surface area contributed by atoms with Crippen LogP contribution >= 0.6 is 38.9 Å². The predicted molar refractivity (Wildman–Crippen MR) is 61.0 cm³/mol. The average Bonchev–Trinajstić information content (AvgIpc) is 2.47. The summed E-state index contributed by atoms with van der Waals surface area (Å²) >= 11 is 10.8. The van der Waals surface area contributed by atoms with E-state index in [9.17, 15) is 0 Å². The van der Waals surface area contributed by atoms with Crippen molar-refractivity contribution in [2.24, 2.45) is 0 Å². The molecule has 0 aliphatic heterocycles. The zero-order chi connectivity index (χ0) is 8.97. The second kappa shape index (κ2) is 5.05.